The lowest BCUT2D eigenvalue weighted by molar-refractivity contribution is -0.116. The number of carbonyl (C=O) groups is 2. The molecule has 0 spiro atoms. The van der Waals surface area contributed by atoms with E-state index in [1.807, 2.05) is 18.2 Å². The van der Waals surface area contributed by atoms with Gasteiger partial charge in [-0.2, -0.15) is 0 Å². The lowest BCUT2D eigenvalue weighted by Gasteiger charge is -2.07. The van der Waals surface area contributed by atoms with Crippen LogP contribution in [0.1, 0.15) is 28.0 Å². The zero-order chi connectivity index (χ0) is 14.8. The second-order valence-electron chi connectivity index (χ2n) is 4.99. The highest BCUT2D eigenvalue weighted by molar-refractivity contribution is 5.91. The van der Waals surface area contributed by atoms with E-state index in [0.29, 0.717) is 0 Å². The van der Waals surface area contributed by atoms with Crippen molar-refractivity contribution in [2.45, 2.75) is 25.8 Å². The van der Waals surface area contributed by atoms with Gasteiger partial charge in [0, 0.05) is 5.69 Å². The van der Waals surface area contributed by atoms with E-state index in [-0.39, 0.29) is 18.1 Å². The molecule has 2 aromatic rings. The molecule has 2 N–H and O–H groups in total. The summed E-state index contributed by atoms with van der Waals surface area (Å²) in [6.07, 6.45) is 4.53. The first-order chi connectivity index (χ1) is 10.1. The topological polar surface area (TPSA) is 97.1 Å². The van der Waals surface area contributed by atoms with Gasteiger partial charge in [-0.3, -0.25) is 4.79 Å². The molecule has 21 heavy (non-hydrogen) atoms. The molecule has 7 nitrogen and oxygen atoms in total. The number of nitrogens with one attached hydrogen (secondary N) is 1. The van der Waals surface area contributed by atoms with Crippen molar-refractivity contribution in [2.24, 2.45) is 0 Å². The minimum absolute atomic E-state index is 0.0721. The molecule has 7 heteroatoms. The molecule has 1 aliphatic carbocycles. The van der Waals surface area contributed by atoms with Crippen molar-refractivity contribution in [1.82, 2.24) is 15.0 Å². The summed E-state index contributed by atoms with van der Waals surface area (Å²) in [4.78, 5) is 22.6. The largest absolute Gasteiger partial charge is 0.476 e. The Hall–Kier alpha value is -2.70. The van der Waals surface area contributed by atoms with Gasteiger partial charge in [-0.15, -0.1) is 5.10 Å². The van der Waals surface area contributed by atoms with Gasteiger partial charge in [0.2, 0.25) is 5.91 Å². The molecule has 108 valence electrons. The maximum absolute atomic E-state index is 11.9. The van der Waals surface area contributed by atoms with Crippen molar-refractivity contribution in [3.63, 3.8) is 0 Å². The summed E-state index contributed by atoms with van der Waals surface area (Å²) in [5.41, 5.74) is 3.19. The van der Waals surface area contributed by atoms with Crippen molar-refractivity contribution in [2.75, 3.05) is 5.32 Å². The molecule has 0 saturated heterocycles. The molecule has 1 amide bonds. The number of hydrogen-bond donors (Lipinski definition) is 2. The Balaban J connectivity index is 1.64. The molecule has 0 saturated carbocycles. The summed E-state index contributed by atoms with van der Waals surface area (Å²) < 4.78 is 1.20. The van der Waals surface area contributed by atoms with Gasteiger partial charge in [-0.25, -0.2) is 9.48 Å². The first kappa shape index (κ1) is 13.3. The average molecular weight is 286 g/mol. The van der Waals surface area contributed by atoms with Gasteiger partial charge < -0.3 is 10.4 Å². The van der Waals surface area contributed by atoms with Crippen molar-refractivity contribution >= 4 is 17.6 Å². The second-order valence-corrected chi connectivity index (χ2v) is 4.99. The molecule has 0 bridgehead atoms. The van der Waals surface area contributed by atoms with Gasteiger partial charge >= 0.3 is 5.97 Å². The zero-order valence-corrected chi connectivity index (χ0v) is 11.2. The van der Waals surface area contributed by atoms with E-state index >= 15 is 0 Å². The van der Waals surface area contributed by atoms with E-state index in [4.69, 9.17) is 5.11 Å². The van der Waals surface area contributed by atoms with Crippen LogP contribution in [0, 0.1) is 0 Å². The number of aromatic nitrogens is 3. The molecule has 0 unspecified atom stereocenters. The molecule has 1 aromatic carbocycles. The minimum Gasteiger partial charge on any atom is -0.476 e. The molecule has 3 rings (SSSR count). The predicted octanol–water partition coefficient (Wildman–Crippen LogP) is 1.10. The van der Waals surface area contributed by atoms with Crippen molar-refractivity contribution in [1.29, 1.82) is 0 Å². The van der Waals surface area contributed by atoms with Gasteiger partial charge in [0.05, 0.1) is 6.20 Å². The Morgan fingerprint density at radius 1 is 1.29 bits per heavy atom. The van der Waals surface area contributed by atoms with Crippen molar-refractivity contribution in [3.05, 3.63) is 41.2 Å². The van der Waals surface area contributed by atoms with Gasteiger partial charge in [0.1, 0.15) is 6.54 Å². The third kappa shape index (κ3) is 2.91. The van der Waals surface area contributed by atoms with Gasteiger partial charge in [0.25, 0.3) is 0 Å². The fourth-order valence-electron chi connectivity index (χ4n) is 2.47. The van der Waals surface area contributed by atoms with Crippen molar-refractivity contribution < 1.29 is 14.7 Å². The zero-order valence-electron chi connectivity index (χ0n) is 11.2. The lowest BCUT2D eigenvalue weighted by atomic mass is 10.1. The summed E-state index contributed by atoms with van der Waals surface area (Å²) in [7, 11) is 0. The number of benzene rings is 1. The van der Waals surface area contributed by atoms with Crippen LogP contribution in [-0.2, 0) is 24.2 Å². The van der Waals surface area contributed by atoms with E-state index in [2.05, 4.69) is 15.6 Å². The molecule has 0 fully saturated rings. The lowest BCUT2D eigenvalue weighted by Crippen LogP contribution is -2.19. The van der Waals surface area contributed by atoms with Crippen LogP contribution in [0.25, 0.3) is 0 Å². The van der Waals surface area contributed by atoms with E-state index < -0.39 is 5.97 Å². The summed E-state index contributed by atoms with van der Waals surface area (Å²) in [5.74, 6) is -1.44. The summed E-state index contributed by atoms with van der Waals surface area (Å²) in [5, 5.41) is 18.6. The number of amides is 1. The van der Waals surface area contributed by atoms with Crippen LogP contribution in [0.3, 0.4) is 0 Å². The average Bonchev–Trinajstić information content (AvgIpc) is 3.06. The standard InChI is InChI=1S/C14H14N4O3/c19-13(8-18-7-12(14(20)21)16-17-18)15-11-5-4-9-2-1-3-10(9)6-11/h4-7H,1-3,8H2,(H,15,19)(H,20,21). The Labute approximate surface area is 120 Å². The quantitative estimate of drug-likeness (QED) is 0.877. The first-order valence-electron chi connectivity index (χ1n) is 6.67. The number of hydrogen-bond acceptors (Lipinski definition) is 4. The molecule has 1 heterocycles. The summed E-state index contributed by atoms with van der Waals surface area (Å²) in [6, 6.07) is 5.91. The molecular formula is C14H14N4O3. The Morgan fingerprint density at radius 3 is 2.86 bits per heavy atom. The number of aryl methyl sites for hydroxylation is 2. The summed E-state index contributed by atoms with van der Waals surface area (Å²) >= 11 is 0. The number of anilines is 1. The number of carboxylic acid groups (broad SMARTS) is 1. The van der Waals surface area contributed by atoms with Gasteiger partial charge in [-0.05, 0) is 42.5 Å². The van der Waals surface area contributed by atoms with Crippen molar-refractivity contribution in [3.8, 4) is 0 Å². The normalized spacial score (nSPS) is 13.0. The monoisotopic (exact) mass is 286 g/mol. The Kier molecular flexibility index (Phi) is 3.39. The molecule has 0 aliphatic heterocycles. The van der Waals surface area contributed by atoms with Crippen LogP contribution < -0.4 is 5.32 Å². The highest BCUT2D eigenvalue weighted by Crippen LogP contribution is 2.24. The molecule has 0 atom stereocenters. The molecule has 0 radical (unpaired) electrons. The number of fused-ring (bicyclic) bond motifs is 1. The molecule has 1 aliphatic rings. The number of carbonyl (C=O) groups excluding carboxylic acids is 1. The predicted molar refractivity (Wildman–Crippen MR) is 74.1 cm³/mol. The maximum atomic E-state index is 11.9. The SMILES string of the molecule is O=C(Cn1cc(C(=O)O)nn1)Nc1ccc2c(c1)CCC2. The third-order valence-electron chi connectivity index (χ3n) is 3.45. The van der Waals surface area contributed by atoms with E-state index in [1.54, 1.807) is 0 Å². The van der Waals surface area contributed by atoms with Gasteiger partial charge in [-0.1, -0.05) is 11.3 Å². The number of rotatable bonds is 4. The first-order valence-corrected chi connectivity index (χ1v) is 6.67. The van der Waals surface area contributed by atoms with E-state index in [0.717, 1.165) is 24.9 Å². The van der Waals surface area contributed by atoms with Crippen LogP contribution >= 0.6 is 0 Å². The number of nitrogens with zero attached hydrogens (tertiary/aromatic N) is 3. The van der Waals surface area contributed by atoms with Crippen LogP contribution in [0.2, 0.25) is 0 Å². The van der Waals surface area contributed by atoms with Crippen LogP contribution in [-0.4, -0.2) is 32.0 Å². The fourth-order valence-corrected chi connectivity index (χ4v) is 2.47. The second kappa shape index (κ2) is 5.35. The van der Waals surface area contributed by atoms with Crippen LogP contribution in [0.5, 0.6) is 0 Å². The van der Waals surface area contributed by atoms with Crippen LogP contribution in [0.4, 0.5) is 5.69 Å². The third-order valence-corrected chi connectivity index (χ3v) is 3.45. The maximum Gasteiger partial charge on any atom is 0.358 e. The molecular weight excluding hydrogens is 272 g/mol. The van der Waals surface area contributed by atoms with E-state index in [9.17, 15) is 9.59 Å². The van der Waals surface area contributed by atoms with Gasteiger partial charge in [0.15, 0.2) is 5.69 Å². The smallest absolute Gasteiger partial charge is 0.358 e. The summed E-state index contributed by atoms with van der Waals surface area (Å²) in [6.45, 7) is -0.0721. The molecule has 1 aromatic heterocycles. The number of aromatic carboxylic acids is 1. The fraction of sp³-hybridized carbons (Fsp3) is 0.286. The van der Waals surface area contributed by atoms with E-state index in [1.165, 1.54) is 22.0 Å². The Morgan fingerprint density at radius 2 is 2.10 bits per heavy atom. The van der Waals surface area contributed by atoms with Crippen LogP contribution in [0.15, 0.2) is 24.4 Å². The number of carboxylic acids is 1. The highest BCUT2D eigenvalue weighted by Gasteiger charge is 2.13. The highest BCUT2D eigenvalue weighted by atomic mass is 16.4. The Bertz CT molecular complexity index is 708. The minimum atomic E-state index is -1.17.